The summed E-state index contributed by atoms with van der Waals surface area (Å²) in [5, 5.41) is 13.4. The van der Waals surface area contributed by atoms with Gasteiger partial charge in [-0.15, -0.1) is 0 Å². The maximum atomic E-state index is 13.9. The summed E-state index contributed by atoms with van der Waals surface area (Å²) in [6, 6.07) is 8.42. The lowest BCUT2D eigenvalue weighted by Gasteiger charge is -2.18. The summed E-state index contributed by atoms with van der Waals surface area (Å²) in [5.41, 5.74) is 3.72. The summed E-state index contributed by atoms with van der Waals surface area (Å²) < 4.78 is 14.8. The standard InChI is InChI=1S/C17H17BrFNO/c1-9-3-6-15(21)17-14(7-10(2)16(9)17)20-13-8-11(18)4-5-12(13)19/h3-6,8,10,14,20-21H,7H2,1-2H3. The molecule has 0 saturated heterocycles. The van der Waals surface area contributed by atoms with Crippen LogP contribution in [0, 0.1) is 12.7 Å². The Bertz CT molecular complexity index is 701. The molecule has 2 unspecified atom stereocenters. The second-order valence-electron chi connectivity index (χ2n) is 5.69. The van der Waals surface area contributed by atoms with Gasteiger partial charge in [-0.3, -0.25) is 0 Å². The average molecular weight is 350 g/mol. The van der Waals surface area contributed by atoms with Crippen molar-refractivity contribution in [3.63, 3.8) is 0 Å². The number of halogens is 2. The molecule has 2 atom stereocenters. The Morgan fingerprint density at radius 2 is 2.00 bits per heavy atom. The molecule has 3 rings (SSSR count). The third-order valence-electron chi connectivity index (χ3n) is 4.17. The number of hydrogen-bond donors (Lipinski definition) is 2. The Hall–Kier alpha value is -1.55. The monoisotopic (exact) mass is 349 g/mol. The molecule has 2 aromatic carbocycles. The van der Waals surface area contributed by atoms with E-state index in [4.69, 9.17) is 0 Å². The first-order valence-corrected chi connectivity index (χ1v) is 7.80. The summed E-state index contributed by atoms with van der Waals surface area (Å²) in [4.78, 5) is 0. The van der Waals surface area contributed by atoms with Gasteiger partial charge in [-0.25, -0.2) is 4.39 Å². The van der Waals surface area contributed by atoms with Gasteiger partial charge in [0.1, 0.15) is 11.6 Å². The Balaban J connectivity index is 2.00. The van der Waals surface area contributed by atoms with Crippen molar-refractivity contribution in [2.75, 3.05) is 5.32 Å². The molecule has 0 radical (unpaired) electrons. The van der Waals surface area contributed by atoms with Crippen molar-refractivity contribution in [3.05, 3.63) is 57.3 Å². The molecular weight excluding hydrogens is 333 g/mol. The van der Waals surface area contributed by atoms with Gasteiger partial charge in [-0.05, 0) is 54.7 Å². The van der Waals surface area contributed by atoms with Gasteiger partial charge < -0.3 is 10.4 Å². The lowest BCUT2D eigenvalue weighted by molar-refractivity contribution is 0.465. The van der Waals surface area contributed by atoms with Crippen LogP contribution in [-0.2, 0) is 0 Å². The zero-order valence-electron chi connectivity index (χ0n) is 12.0. The van der Waals surface area contributed by atoms with Crippen molar-refractivity contribution in [3.8, 4) is 5.75 Å². The van der Waals surface area contributed by atoms with Crippen molar-refractivity contribution >= 4 is 21.6 Å². The first kappa shape index (κ1) is 14.4. The highest BCUT2D eigenvalue weighted by molar-refractivity contribution is 9.10. The first-order valence-electron chi connectivity index (χ1n) is 7.01. The lowest BCUT2D eigenvalue weighted by atomic mass is 9.97. The van der Waals surface area contributed by atoms with Crippen molar-refractivity contribution in [1.29, 1.82) is 0 Å². The molecule has 2 nitrogen and oxygen atoms in total. The molecular formula is C17H17BrFNO. The van der Waals surface area contributed by atoms with Crippen molar-refractivity contribution in [2.24, 2.45) is 0 Å². The molecule has 2 aromatic rings. The number of anilines is 1. The number of benzene rings is 2. The molecule has 0 aliphatic heterocycles. The van der Waals surface area contributed by atoms with E-state index in [-0.39, 0.29) is 17.6 Å². The number of fused-ring (bicyclic) bond motifs is 1. The van der Waals surface area contributed by atoms with E-state index < -0.39 is 0 Å². The Kier molecular flexibility index (Phi) is 3.66. The fourth-order valence-electron chi connectivity index (χ4n) is 3.27. The maximum Gasteiger partial charge on any atom is 0.146 e. The average Bonchev–Trinajstić information content (AvgIpc) is 2.76. The second kappa shape index (κ2) is 5.34. The molecule has 110 valence electrons. The van der Waals surface area contributed by atoms with Crippen LogP contribution in [0.4, 0.5) is 10.1 Å². The van der Waals surface area contributed by atoms with E-state index in [0.29, 0.717) is 11.6 Å². The summed E-state index contributed by atoms with van der Waals surface area (Å²) in [5.74, 6) is 0.346. The van der Waals surface area contributed by atoms with E-state index in [0.717, 1.165) is 16.5 Å². The predicted molar refractivity (Wildman–Crippen MR) is 86.3 cm³/mol. The number of aryl methyl sites for hydroxylation is 1. The second-order valence-corrected chi connectivity index (χ2v) is 6.60. The fraction of sp³-hybridized carbons (Fsp3) is 0.294. The maximum absolute atomic E-state index is 13.9. The van der Waals surface area contributed by atoms with Crippen LogP contribution in [0.25, 0.3) is 0 Å². The molecule has 0 spiro atoms. The van der Waals surface area contributed by atoms with Crippen molar-refractivity contribution < 1.29 is 9.50 Å². The third kappa shape index (κ3) is 2.53. The molecule has 0 heterocycles. The minimum absolute atomic E-state index is 0.0706. The number of phenolic OH excluding ortho intramolecular Hbond substituents is 1. The highest BCUT2D eigenvalue weighted by atomic mass is 79.9. The van der Waals surface area contributed by atoms with Gasteiger partial charge in [-0.2, -0.15) is 0 Å². The summed E-state index contributed by atoms with van der Waals surface area (Å²) in [7, 11) is 0. The van der Waals surface area contributed by atoms with Crippen molar-refractivity contribution in [2.45, 2.75) is 32.2 Å². The molecule has 0 bridgehead atoms. The third-order valence-corrected chi connectivity index (χ3v) is 4.66. The van der Waals surface area contributed by atoms with Crippen LogP contribution in [0.1, 0.15) is 42.0 Å². The molecule has 0 fully saturated rings. The molecule has 0 aromatic heterocycles. The molecule has 0 amide bonds. The van der Waals surface area contributed by atoms with Crippen LogP contribution >= 0.6 is 15.9 Å². The quantitative estimate of drug-likeness (QED) is 0.774. The van der Waals surface area contributed by atoms with Gasteiger partial charge in [0.05, 0.1) is 11.7 Å². The van der Waals surface area contributed by atoms with E-state index in [9.17, 15) is 9.50 Å². The van der Waals surface area contributed by atoms with Crippen LogP contribution < -0.4 is 5.32 Å². The van der Waals surface area contributed by atoms with Gasteiger partial charge in [-0.1, -0.05) is 28.9 Å². The van der Waals surface area contributed by atoms with Crippen LogP contribution in [0.5, 0.6) is 5.75 Å². The molecule has 2 N–H and O–H groups in total. The van der Waals surface area contributed by atoms with E-state index in [1.54, 1.807) is 18.2 Å². The highest BCUT2D eigenvalue weighted by Crippen LogP contribution is 2.47. The van der Waals surface area contributed by atoms with Gasteiger partial charge in [0.15, 0.2) is 0 Å². The van der Waals surface area contributed by atoms with Crippen LogP contribution in [0.2, 0.25) is 0 Å². The topological polar surface area (TPSA) is 32.3 Å². The lowest BCUT2D eigenvalue weighted by Crippen LogP contribution is -2.09. The number of aromatic hydroxyl groups is 1. The Morgan fingerprint density at radius 1 is 1.24 bits per heavy atom. The molecule has 1 aliphatic rings. The number of hydrogen-bond acceptors (Lipinski definition) is 2. The van der Waals surface area contributed by atoms with Gasteiger partial charge >= 0.3 is 0 Å². The summed E-state index contributed by atoms with van der Waals surface area (Å²) in [6.07, 6.45) is 0.847. The van der Waals surface area contributed by atoms with Crippen molar-refractivity contribution in [1.82, 2.24) is 0 Å². The normalized spacial score (nSPS) is 20.4. The predicted octanol–water partition coefficient (Wildman–Crippen LogP) is 5.26. The van der Waals surface area contributed by atoms with Gasteiger partial charge in [0.25, 0.3) is 0 Å². The van der Waals surface area contributed by atoms with Crippen LogP contribution in [-0.4, -0.2) is 5.11 Å². The van der Waals surface area contributed by atoms with Gasteiger partial charge in [0.2, 0.25) is 0 Å². The Labute approximate surface area is 132 Å². The molecule has 4 heteroatoms. The van der Waals surface area contributed by atoms with E-state index in [1.807, 2.05) is 6.07 Å². The Morgan fingerprint density at radius 3 is 2.76 bits per heavy atom. The summed E-state index contributed by atoms with van der Waals surface area (Å²) in [6.45, 7) is 4.20. The summed E-state index contributed by atoms with van der Waals surface area (Å²) >= 11 is 3.36. The minimum atomic E-state index is -0.286. The highest BCUT2D eigenvalue weighted by Gasteiger charge is 2.32. The molecule has 1 aliphatic carbocycles. The van der Waals surface area contributed by atoms with Crippen LogP contribution in [0.15, 0.2) is 34.8 Å². The first-order chi connectivity index (χ1) is 9.97. The number of nitrogens with one attached hydrogen (secondary N) is 1. The zero-order chi connectivity index (χ0) is 15.1. The fourth-order valence-corrected chi connectivity index (χ4v) is 3.63. The van der Waals surface area contributed by atoms with Gasteiger partial charge in [0, 0.05) is 10.0 Å². The van der Waals surface area contributed by atoms with Crippen LogP contribution in [0.3, 0.4) is 0 Å². The minimum Gasteiger partial charge on any atom is -0.508 e. The smallest absolute Gasteiger partial charge is 0.146 e. The zero-order valence-corrected chi connectivity index (χ0v) is 13.5. The van der Waals surface area contributed by atoms with E-state index in [1.165, 1.54) is 17.2 Å². The van der Waals surface area contributed by atoms with E-state index in [2.05, 4.69) is 35.1 Å². The molecule has 21 heavy (non-hydrogen) atoms. The van der Waals surface area contributed by atoms with E-state index >= 15 is 0 Å². The molecule has 0 saturated carbocycles. The largest absolute Gasteiger partial charge is 0.508 e. The number of phenols is 1. The number of rotatable bonds is 2. The SMILES string of the molecule is Cc1ccc(O)c2c1C(C)CC2Nc1cc(Br)ccc1F.